The van der Waals surface area contributed by atoms with Gasteiger partial charge in [0, 0.05) is 24.8 Å². The molecule has 0 saturated carbocycles. The van der Waals surface area contributed by atoms with Gasteiger partial charge in [-0.05, 0) is 33.6 Å². The number of aromatic nitrogens is 2. The van der Waals surface area contributed by atoms with E-state index >= 15 is 0 Å². The Bertz CT molecular complexity index is 522. The number of carboxylic acids is 1. The molecule has 2 rings (SSSR count). The second-order valence-electron chi connectivity index (χ2n) is 5.61. The minimum absolute atomic E-state index is 0.111. The fourth-order valence-electron chi connectivity index (χ4n) is 2.69. The van der Waals surface area contributed by atoms with E-state index in [0.29, 0.717) is 25.1 Å². The normalized spacial score (nSPS) is 19.4. The summed E-state index contributed by atoms with van der Waals surface area (Å²) >= 11 is 0. The third-order valence-corrected chi connectivity index (χ3v) is 3.82. The summed E-state index contributed by atoms with van der Waals surface area (Å²) in [7, 11) is 0. The molecule has 1 N–H and O–H groups in total. The SMILES string of the molecule is Cc1c(C(=O)N2CCCC(C(=O)O)C2)cnn1C(C)C. The van der Waals surface area contributed by atoms with Crippen molar-refractivity contribution in [3.05, 3.63) is 17.5 Å². The summed E-state index contributed by atoms with van der Waals surface area (Å²) < 4.78 is 1.81. The second kappa shape index (κ2) is 5.64. The smallest absolute Gasteiger partial charge is 0.308 e. The molecule has 0 spiro atoms. The minimum Gasteiger partial charge on any atom is -0.481 e. The summed E-state index contributed by atoms with van der Waals surface area (Å²) in [5, 5.41) is 13.3. The summed E-state index contributed by atoms with van der Waals surface area (Å²) in [6.45, 7) is 6.81. The number of carbonyl (C=O) groups is 2. The fourth-order valence-corrected chi connectivity index (χ4v) is 2.69. The first-order valence-electron chi connectivity index (χ1n) is 6.98. The maximum absolute atomic E-state index is 12.5. The molecule has 6 heteroatoms. The van der Waals surface area contributed by atoms with Gasteiger partial charge in [-0.3, -0.25) is 14.3 Å². The van der Waals surface area contributed by atoms with Crippen LogP contribution in [-0.2, 0) is 4.79 Å². The number of rotatable bonds is 3. The number of carboxylic acid groups (broad SMARTS) is 1. The van der Waals surface area contributed by atoms with Crippen LogP contribution in [0, 0.1) is 12.8 Å². The summed E-state index contributed by atoms with van der Waals surface area (Å²) in [5.74, 6) is -1.38. The average Bonchev–Trinajstić information content (AvgIpc) is 2.80. The Hall–Kier alpha value is -1.85. The van der Waals surface area contributed by atoms with Crippen molar-refractivity contribution in [2.75, 3.05) is 13.1 Å². The third kappa shape index (κ3) is 2.69. The lowest BCUT2D eigenvalue weighted by Gasteiger charge is -2.30. The van der Waals surface area contributed by atoms with Gasteiger partial charge in [-0.15, -0.1) is 0 Å². The quantitative estimate of drug-likeness (QED) is 0.914. The van der Waals surface area contributed by atoms with Gasteiger partial charge in [0.1, 0.15) is 0 Å². The lowest BCUT2D eigenvalue weighted by molar-refractivity contribution is -0.143. The number of piperidine rings is 1. The van der Waals surface area contributed by atoms with Gasteiger partial charge in [0.2, 0.25) is 0 Å². The lowest BCUT2D eigenvalue weighted by Crippen LogP contribution is -2.42. The Kier molecular flexibility index (Phi) is 4.11. The Labute approximate surface area is 118 Å². The first kappa shape index (κ1) is 14.6. The van der Waals surface area contributed by atoms with E-state index in [0.717, 1.165) is 12.1 Å². The van der Waals surface area contributed by atoms with Crippen molar-refractivity contribution < 1.29 is 14.7 Å². The largest absolute Gasteiger partial charge is 0.481 e. The Morgan fingerprint density at radius 3 is 2.70 bits per heavy atom. The second-order valence-corrected chi connectivity index (χ2v) is 5.61. The van der Waals surface area contributed by atoms with Gasteiger partial charge in [0.25, 0.3) is 5.91 Å². The number of aliphatic carboxylic acids is 1. The highest BCUT2D eigenvalue weighted by Gasteiger charge is 2.30. The van der Waals surface area contributed by atoms with Gasteiger partial charge in [-0.25, -0.2) is 0 Å². The van der Waals surface area contributed by atoms with E-state index in [1.807, 2.05) is 25.5 Å². The third-order valence-electron chi connectivity index (χ3n) is 3.82. The molecule has 1 saturated heterocycles. The maximum atomic E-state index is 12.5. The summed E-state index contributed by atoms with van der Waals surface area (Å²) in [4.78, 5) is 25.2. The zero-order chi connectivity index (χ0) is 14.9. The van der Waals surface area contributed by atoms with Crippen molar-refractivity contribution in [3.8, 4) is 0 Å². The van der Waals surface area contributed by atoms with Gasteiger partial charge < -0.3 is 10.0 Å². The molecule has 1 unspecified atom stereocenters. The molecule has 1 aliphatic rings. The molecule has 0 aromatic carbocycles. The van der Waals surface area contributed by atoms with Crippen LogP contribution in [0.3, 0.4) is 0 Å². The van der Waals surface area contributed by atoms with Crippen LogP contribution in [0.2, 0.25) is 0 Å². The first-order valence-corrected chi connectivity index (χ1v) is 6.98. The van der Waals surface area contributed by atoms with Gasteiger partial charge in [-0.1, -0.05) is 0 Å². The monoisotopic (exact) mass is 279 g/mol. The number of hydrogen-bond acceptors (Lipinski definition) is 3. The van der Waals surface area contributed by atoms with Gasteiger partial charge in [0.15, 0.2) is 0 Å². The Morgan fingerprint density at radius 1 is 1.45 bits per heavy atom. The average molecular weight is 279 g/mol. The fraction of sp³-hybridized carbons (Fsp3) is 0.643. The number of amides is 1. The predicted molar refractivity (Wildman–Crippen MR) is 73.6 cm³/mol. The van der Waals surface area contributed by atoms with Crippen LogP contribution in [0.1, 0.15) is 48.8 Å². The van der Waals surface area contributed by atoms with E-state index in [2.05, 4.69) is 5.10 Å². The van der Waals surface area contributed by atoms with E-state index in [4.69, 9.17) is 5.11 Å². The van der Waals surface area contributed by atoms with E-state index in [1.165, 1.54) is 0 Å². The zero-order valence-corrected chi connectivity index (χ0v) is 12.2. The highest BCUT2D eigenvalue weighted by molar-refractivity contribution is 5.95. The molecular weight excluding hydrogens is 258 g/mol. The van der Waals surface area contributed by atoms with Crippen LogP contribution in [-0.4, -0.2) is 44.8 Å². The van der Waals surface area contributed by atoms with Crippen LogP contribution < -0.4 is 0 Å². The van der Waals surface area contributed by atoms with E-state index in [-0.39, 0.29) is 11.9 Å². The van der Waals surface area contributed by atoms with E-state index in [9.17, 15) is 9.59 Å². The zero-order valence-electron chi connectivity index (χ0n) is 12.2. The first-order chi connectivity index (χ1) is 9.41. The molecule has 1 aromatic heterocycles. The topological polar surface area (TPSA) is 75.4 Å². The van der Waals surface area contributed by atoms with Crippen molar-refractivity contribution >= 4 is 11.9 Å². The summed E-state index contributed by atoms with van der Waals surface area (Å²) in [6, 6.07) is 0.199. The predicted octanol–water partition coefficient (Wildman–Crippen LogP) is 1.71. The van der Waals surface area contributed by atoms with Crippen LogP contribution in [0.5, 0.6) is 0 Å². The van der Waals surface area contributed by atoms with Gasteiger partial charge in [0.05, 0.1) is 17.7 Å². The van der Waals surface area contributed by atoms with Crippen LogP contribution >= 0.6 is 0 Å². The molecule has 110 valence electrons. The lowest BCUT2D eigenvalue weighted by atomic mass is 9.98. The van der Waals surface area contributed by atoms with Crippen molar-refractivity contribution in [2.45, 2.75) is 39.7 Å². The number of likely N-dealkylation sites (tertiary alicyclic amines) is 1. The van der Waals surface area contributed by atoms with Crippen LogP contribution in [0.25, 0.3) is 0 Å². The molecule has 1 aliphatic heterocycles. The molecule has 1 atom stereocenters. The number of hydrogen-bond donors (Lipinski definition) is 1. The molecule has 2 heterocycles. The molecule has 20 heavy (non-hydrogen) atoms. The molecule has 1 aromatic rings. The molecule has 0 aliphatic carbocycles. The van der Waals surface area contributed by atoms with Crippen molar-refractivity contribution in [1.82, 2.24) is 14.7 Å². The summed E-state index contributed by atoms with van der Waals surface area (Å²) in [5.41, 5.74) is 1.41. The molecule has 6 nitrogen and oxygen atoms in total. The highest BCUT2D eigenvalue weighted by atomic mass is 16.4. The van der Waals surface area contributed by atoms with Gasteiger partial charge in [-0.2, -0.15) is 5.10 Å². The molecular formula is C14H21N3O3. The molecule has 1 fully saturated rings. The summed E-state index contributed by atoms with van der Waals surface area (Å²) in [6.07, 6.45) is 2.96. The van der Waals surface area contributed by atoms with Crippen molar-refractivity contribution in [3.63, 3.8) is 0 Å². The number of nitrogens with zero attached hydrogens (tertiary/aromatic N) is 3. The highest BCUT2D eigenvalue weighted by Crippen LogP contribution is 2.21. The maximum Gasteiger partial charge on any atom is 0.308 e. The van der Waals surface area contributed by atoms with Gasteiger partial charge >= 0.3 is 5.97 Å². The van der Waals surface area contributed by atoms with Crippen molar-refractivity contribution in [2.24, 2.45) is 5.92 Å². The molecule has 0 bridgehead atoms. The van der Waals surface area contributed by atoms with Crippen LogP contribution in [0.4, 0.5) is 0 Å². The Morgan fingerprint density at radius 2 is 2.15 bits per heavy atom. The molecule has 1 amide bonds. The Balaban J connectivity index is 2.17. The standard InChI is InChI=1S/C14H21N3O3/c1-9(2)17-10(3)12(7-15-17)13(18)16-6-4-5-11(8-16)14(19)20/h7,9,11H,4-6,8H2,1-3H3,(H,19,20). The van der Waals surface area contributed by atoms with E-state index in [1.54, 1.807) is 11.1 Å². The van der Waals surface area contributed by atoms with Crippen molar-refractivity contribution in [1.29, 1.82) is 0 Å². The van der Waals surface area contributed by atoms with Crippen LogP contribution in [0.15, 0.2) is 6.20 Å². The number of carbonyl (C=O) groups excluding carboxylic acids is 1. The van der Waals surface area contributed by atoms with E-state index < -0.39 is 11.9 Å². The minimum atomic E-state index is -0.822. The molecule has 0 radical (unpaired) electrons.